The number of hydrogen-bond donors (Lipinski definition) is 2. The van der Waals surface area contributed by atoms with Crippen LogP contribution in [0.15, 0.2) is 77.9 Å². The first-order valence-corrected chi connectivity index (χ1v) is 11.3. The smallest absolute Gasteiger partial charge is 0.263 e. The van der Waals surface area contributed by atoms with Gasteiger partial charge in [0.2, 0.25) is 5.95 Å². The molecule has 0 saturated carbocycles. The van der Waals surface area contributed by atoms with Gasteiger partial charge in [-0.05, 0) is 49.1 Å². The lowest BCUT2D eigenvalue weighted by molar-refractivity contribution is 0.772. The van der Waals surface area contributed by atoms with Crippen LogP contribution in [-0.2, 0) is 0 Å². The average Bonchev–Trinajstić information content (AvgIpc) is 2.89. The number of para-hydroxylation sites is 1. The Morgan fingerprint density at radius 1 is 1.08 bits per heavy atom. The quantitative estimate of drug-likeness (QED) is 0.387. The van der Waals surface area contributed by atoms with Crippen LogP contribution in [0.3, 0.4) is 0 Å². The Labute approximate surface area is 206 Å². The van der Waals surface area contributed by atoms with E-state index in [4.69, 9.17) is 5.73 Å². The molecule has 176 valence electrons. The number of pyridine rings is 1. The molecule has 3 aromatic heterocycles. The lowest BCUT2D eigenvalue weighted by Crippen LogP contribution is -2.26. The van der Waals surface area contributed by atoms with E-state index in [9.17, 15) is 10.1 Å². The molecule has 0 bridgehead atoms. The number of rotatable bonds is 5. The number of nitrogens with zero attached hydrogens (tertiary/aromatic N) is 6. The van der Waals surface area contributed by atoms with Crippen molar-refractivity contribution in [1.29, 1.82) is 5.26 Å². The Balaban J connectivity index is 1.75. The summed E-state index contributed by atoms with van der Waals surface area (Å²) in [5.74, 6) is 0.352. The Bertz CT molecular complexity index is 1690. The lowest BCUT2D eigenvalue weighted by atomic mass is 9.98. The number of nitrogens with two attached hydrogens (primary N) is 1. The number of aryl methyl sites for hydroxylation is 1. The number of aromatic nitrogens is 5. The molecule has 0 aliphatic carbocycles. The molecule has 0 fully saturated rings. The summed E-state index contributed by atoms with van der Waals surface area (Å²) < 4.78 is 1.68. The number of benzene rings is 2. The summed E-state index contributed by atoms with van der Waals surface area (Å²) in [4.78, 5) is 22.3. The van der Waals surface area contributed by atoms with Gasteiger partial charge in [0.05, 0.1) is 29.5 Å². The highest BCUT2D eigenvalue weighted by Crippen LogP contribution is 2.30. The zero-order valence-corrected chi connectivity index (χ0v) is 19.7. The summed E-state index contributed by atoms with van der Waals surface area (Å²) in [6, 6.07) is 20.7. The van der Waals surface area contributed by atoms with Crippen LogP contribution in [0.5, 0.6) is 0 Å². The minimum atomic E-state index is -0.405. The molecule has 0 amide bonds. The van der Waals surface area contributed by atoms with Crippen molar-refractivity contribution in [2.45, 2.75) is 19.9 Å². The van der Waals surface area contributed by atoms with Crippen molar-refractivity contribution in [3.8, 4) is 22.9 Å². The molecule has 0 radical (unpaired) electrons. The molecule has 3 heterocycles. The fourth-order valence-electron chi connectivity index (χ4n) is 4.27. The third-order valence-electron chi connectivity index (χ3n) is 5.90. The highest BCUT2D eigenvalue weighted by Gasteiger charge is 2.20. The van der Waals surface area contributed by atoms with E-state index < -0.39 is 6.04 Å². The third-order valence-corrected chi connectivity index (χ3v) is 5.90. The highest BCUT2D eigenvalue weighted by atomic mass is 16.1. The van der Waals surface area contributed by atoms with Crippen LogP contribution in [0, 0.1) is 18.3 Å². The molecule has 3 N–H and O–H groups in total. The van der Waals surface area contributed by atoms with Crippen molar-refractivity contribution < 1.29 is 0 Å². The Hall–Kier alpha value is -5.10. The maximum absolute atomic E-state index is 14.2. The van der Waals surface area contributed by atoms with Crippen molar-refractivity contribution >= 4 is 22.5 Å². The van der Waals surface area contributed by atoms with Crippen LogP contribution in [0.25, 0.3) is 27.6 Å². The van der Waals surface area contributed by atoms with Gasteiger partial charge in [-0.15, -0.1) is 0 Å². The zero-order chi connectivity index (χ0) is 25.2. The van der Waals surface area contributed by atoms with Gasteiger partial charge in [0, 0.05) is 16.9 Å². The van der Waals surface area contributed by atoms with Gasteiger partial charge in [-0.25, -0.2) is 4.98 Å². The largest absolute Gasteiger partial charge is 0.368 e. The monoisotopic (exact) mass is 474 g/mol. The molecular formula is C27H22N8O. The van der Waals surface area contributed by atoms with Gasteiger partial charge >= 0.3 is 0 Å². The van der Waals surface area contributed by atoms with Crippen molar-refractivity contribution in [2.75, 3.05) is 11.1 Å². The average molecular weight is 475 g/mol. The first kappa shape index (κ1) is 22.7. The lowest BCUT2D eigenvalue weighted by Gasteiger charge is -2.22. The van der Waals surface area contributed by atoms with Crippen LogP contribution in [0.4, 0.5) is 11.8 Å². The van der Waals surface area contributed by atoms with Crippen molar-refractivity contribution in [3.63, 3.8) is 0 Å². The van der Waals surface area contributed by atoms with Crippen LogP contribution in [0.1, 0.15) is 29.9 Å². The minimum absolute atomic E-state index is 0.0496. The number of hydrogen-bond acceptors (Lipinski definition) is 8. The van der Waals surface area contributed by atoms with E-state index >= 15 is 0 Å². The maximum atomic E-state index is 14.2. The predicted octanol–water partition coefficient (Wildman–Crippen LogP) is 4.17. The van der Waals surface area contributed by atoms with E-state index in [-0.39, 0.29) is 17.1 Å². The number of anilines is 2. The molecular weight excluding hydrogens is 452 g/mol. The second-order valence-corrected chi connectivity index (χ2v) is 8.37. The number of nitrogen functional groups attached to an aromatic ring is 1. The molecule has 36 heavy (non-hydrogen) atoms. The SMILES string of the molecule is Cc1cc(-c2cccc3cc([C@H](C)Nc4nc(N)ncc4C#N)n(-c4ccccc4)c(=O)c23)cnn1. The van der Waals surface area contributed by atoms with E-state index in [0.29, 0.717) is 16.9 Å². The second-order valence-electron chi connectivity index (χ2n) is 8.37. The number of nitriles is 1. The molecule has 0 unspecified atom stereocenters. The molecule has 5 aromatic rings. The van der Waals surface area contributed by atoms with Gasteiger partial charge in [-0.2, -0.15) is 20.4 Å². The van der Waals surface area contributed by atoms with E-state index in [1.165, 1.54) is 6.20 Å². The van der Waals surface area contributed by atoms with Gasteiger partial charge in [0.15, 0.2) is 0 Å². The molecule has 0 spiro atoms. The molecule has 0 aliphatic rings. The maximum Gasteiger partial charge on any atom is 0.263 e. The minimum Gasteiger partial charge on any atom is -0.368 e. The van der Waals surface area contributed by atoms with Crippen LogP contribution < -0.4 is 16.6 Å². The summed E-state index contributed by atoms with van der Waals surface area (Å²) in [6.07, 6.45) is 3.04. The topological polar surface area (TPSA) is 135 Å². The Morgan fingerprint density at radius 2 is 1.89 bits per heavy atom. The Morgan fingerprint density at radius 3 is 2.64 bits per heavy atom. The fourth-order valence-corrected chi connectivity index (χ4v) is 4.27. The third kappa shape index (κ3) is 4.12. The molecule has 9 nitrogen and oxygen atoms in total. The first-order chi connectivity index (χ1) is 17.5. The van der Waals surface area contributed by atoms with Crippen molar-refractivity contribution in [1.82, 2.24) is 24.7 Å². The summed E-state index contributed by atoms with van der Waals surface area (Å²) >= 11 is 0. The van der Waals surface area contributed by atoms with E-state index in [2.05, 4.69) is 31.6 Å². The van der Waals surface area contributed by atoms with E-state index in [1.807, 2.05) is 74.5 Å². The van der Waals surface area contributed by atoms with Crippen LogP contribution in [0.2, 0.25) is 0 Å². The van der Waals surface area contributed by atoms with Gasteiger partial charge in [-0.3, -0.25) is 9.36 Å². The molecule has 9 heteroatoms. The molecule has 5 rings (SSSR count). The zero-order valence-electron chi connectivity index (χ0n) is 19.7. The fraction of sp³-hybridized carbons (Fsp3) is 0.111. The van der Waals surface area contributed by atoms with Gasteiger partial charge < -0.3 is 11.1 Å². The molecule has 0 aliphatic heterocycles. The van der Waals surface area contributed by atoms with Crippen LogP contribution >= 0.6 is 0 Å². The van der Waals surface area contributed by atoms with Gasteiger partial charge in [0.1, 0.15) is 17.5 Å². The number of nitrogens with one attached hydrogen (secondary N) is 1. The summed E-state index contributed by atoms with van der Waals surface area (Å²) in [5.41, 5.74) is 9.62. The predicted molar refractivity (Wildman–Crippen MR) is 139 cm³/mol. The van der Waals surface area contributed by atoms with Gasteiger partial charge in [0.25, 0.3) is 5.56 Å². The standard InChI is InChI=1S/C27H22N8O/c1-16-11-19(15-31-34-16)22-10-6-7-18-12-23(17(2)32-25-20(13-28)14-30-27(29)33-25)35(26(36)24(18)22)21-8-4-3-5-9-21/h3-12,14-15,17H,1-2H3,(H3,29,30,32,33)/t17-/m0/s1. The second kappa shape index (κ2) is 9.27. The van der Waals surface area contributed by atoms with Crippen molar-refractivity contribution in [3.05, 3.63) is 100 Å². The van der Waals surface area contributed by atoms with Gasteiger partial charge in [-0.1, -0.05) is 36.4 Å². The summed E-state index contributed by atoms with van der Waals surface area (Å²) in [7, 11) is 0. The first-order valence-electron chi connectivity index (χ1n) is 11.3. The van der Waals surface area contributed by atoms with E-state index in [1.54, 1.807) is 10.8 Å². The molecule has 1 atom stereocenters. The number of fused-ring (bicyclic) bond motifs is 1. The van der Waals surface area contributed by atoms with Crippen LogP contribution in [-0.4, -0.2) is 24.7 Å². The van der Waals surface area contributed by atoms with E-state index in [0.717, 1.165) is 27.9 Å². The summed E-state index contributed by atoms with van der Waals surface area (Å²) in [6.45, 7) is 3.77. The molecule has 2 aromatic carbocycles. The summed E-state index contributed by atoms with van der Waals surface area (Å²) in [5, 5.41) is 22.2. The highest BCUT2D eigenvalue weighted by molar-refractivity contribution is 5.96. The van der Waals surface area contributed by atoms with Crippen molar-refractivity contribution in [2.24, 2.45) is 0 Å². The Kier molecular flexibility index (Phi) is 5.84. The normalized spacial score (nSPS) is 11.7. The molecule has 0 saturated heterocycles.